The van der Waals surface area contributed by atoms with Gasteiger partial charge in [-0.25, -0.2) is 4.98 Å². The Labute approximate surface area is 126 Å². The molecule has 19 heavy (non-hydrogen) atoms. The lowest BCUT2D eigenvalue weighted by atomic mass is 10.1. The van der Waals surface area contributed by atoms with Crippen molar-refractivity contribution in [2.24, 2.45) is 0 Å². The fourth-order valence-electron chi connectivity index (χ4n) is 1.91. The van der Waals surface area contributed by atoms with Crippen molar-refractivity contribution in [2.45, 2.75) is 12.8 Å². The van der Waals surface area contributed by atoms with E-state index in [-0.39, 0.29) is 5.56 Å². The minimum atomic E-state index is -0.0829. The summed E-state index contributed by atoms with van der Waals surface area (Å²) in [6, 6.07) is 10.4. The van der Waals surface area contributed by atoms with Gasteiger partial charge in [-0.15, -0.1) is 0 Å². The summed E-state index contributed by atoms with van der Waals surface area (Å²) < 4.78 is 0.641. The van der Waals surface area contributed by atoms with Crippen LogP contribution in [0.25, 0.3) is 0 Å². The molecule has 0 spiro atoms. The standard InChI is InChI=1S/C14H16IN3O/c1-18(13-12(15)14(19)17-10-16-13)9-5-8-11-6-3-2-4-7-11/h2-4,6-7,10H,5,8-9H2,1H3,(H,16,17,19). The van der Waals surface area contributed by atoms with Gasteiger partial charge in [0.15, 0.2) is 0 Å². The molecule has 0 aliphatic heterocycles. The summed E-state index contributed by atoms with van der Waals surface area (Å²) in [6.07, 6.45) is 3.52. The molecule has 5 heteroatoms. The number of rotatable bonds is 5. The zero-order valence-electron chi connectivity index (χ0n) is 10.8. The second-order valence-corrected chi connectivity index (χ2v) is 5.46. The highest BCUT2D eigenvalue weighted by Crippen LogP contribution is 2.14. The lowest BCUT2D eigenvalue weighted by molar-refractivity contribution is 0.772. The Kier molecular flexibility index (Phi) is 4.95. The topological polar surface area (TPSA) is 49.0 Å². The fourth-order valence-corrected chi connectivity index (χ4v) is 2.62. The van der Waals surface area contributed by atoms with Crippen molar-refractivity contribution in [3.05, 3.63) is 56.1 Å². The Morgan fingerprint density at radius 1 is 1.32 bits per heavy atom. The third kappa shape index (κ3) is 3.79. The molecule has 1 aromatic carbocycles. The summed E-state index contributed by atoms with van der Waals surface area (Å²) in [5.41, 5.74) is 1.25. The number of hydrogen-bond donors (Lipinski definition) is 1. The zero-order chi connectivity index (χ0) is 13.7. The van der Waals surface area contributed by atoms with Crippen molar-refractivity contribution in [2.75, 3.05) is 18.5 Å². The highest BCUT2D eigenvalue weighted by Gasteiger charge is 2.09. The van der Waals surface area contributed by atoms with Gasteiger partial charge in [0.2, 0.25) is 0 Å². The Balaban J connectivity index is 1.93. The number of halogens is 1. The highest BCUT2D eigenvalue weighted by atomic mass is 127. The van der Waals surface area contributed by atoms with E-state index in [4.69, 9.17) is 0 Å². The molecule has 0 unspecified atom stereocenters. The number of nitrogens with zero attached hydrogens (tertiary/aromatic N) is 2. The van der Waals surface area contributed by atoms with Crippen molar-refractivity contribution in [1.82, 2.24) is 9.97 Å². The van der Waals surface area contributed by atoms with Crippen LogP contribution in [0.2, 0.25) is 0 Å². The van der Waals surface area contributed by atoms with Crippen LogP contribution >= 0.6 is 22.6 Å². The molecule has 0 fully saturated rings. The summed E-state index contributed by atoms with van der Waals surface area (Å²) in [7, 11) is 1.97. The number of aromatic amines is 1. The number of aromatic nitrogens is 2. The van der Waals surface area contributed by atoms with Crippen molar-refractivity contribution in [3.8, 4) is 0 Å². The van der Waals surface area contributed by atoms with E-state index in [0.717, 1.165) is 25.2 Å². The Bertz CT molecular complexity index is 583. The maximum atomic E-state index is 11.5. The number of H-pyrrole nitrogens is 1. The molecule has 1 heterocycles. The first kappa shape index (κ1) is 14.0. The van der Waals surface area contributed by atoms with Crippen LogP contribution in [0.4, 0.5) is 5.82 Å². The van der Waals surface area contributed by atoms with Gasteiger partial charge in [-0.05, 0) is 41.0 Å². The first-order chi connectivity index (χ1) is 9.18. The van der Waals surface area contributed by atoms with E-state index in [1.54, 1.807) is 0 Å². The fraction of sp³-hybridized carbons (Fsp3) is 0.286. The van der Waals surface area contributed by atoms with Gasteiger partial charge in [-0.3, -0.25) is 4.79 Å². The average molecular weight is 369 g/mol. The van der Waals surface area contributed by atoms with E-state index in [2.05, 4.69) is 34.2 Å². The molecule has 1 aromatic heterocycles. The minimum absolute atomic E-state index is 0.0829. The third-order valence-electron chi connectivity index (χ3n) is 2.94. The molecule has 0 aliphatic carbocycles. The Hall–Kier alpha value is -1.37. The van der Waals surface area contributed by atoms with Crippen molar-refractivity contribution >= 4 is 28.4 Å². The van der Waals surface area contributed by atoms with Gasteiger partial charge < -0.3 is 9.88 Å². The van der Waals surface area contributed by atoms with Crippen LogP contribution in [0, 0.1) is 3.57 Å². The van der Waals surface area contributed by atoms with Gasteiger partial charge >= 0.3 is 0 Å². The number of anilines is 1. The molecule has 0 saturated carbocycles. The van der Waals surface area contributed by atoms with Gasteiger partial charge in [-0.2, -0.15) is 0 Å². The molecule has 0 saturated heterocycles. The maximum Gasteiger partial charge on any atom is 0.266 e. The number of nitrogens with one attached hydrogen (secondary N) is 1. The molecule has 2 rings (SSSR count). The van der Waals surface area contributed by atoms with Crippen LogP contribution in [-0.2, 0) is 6.42 Å². The average Bonchev–Trinajstić information content (AvgIpc) is 2.43. The van der Waals surface area contributed by atoms with Crippen LogP contribution in [0.5, 0.6) is 0 Å². The van der Waals surface area contributed by atoms with Gasteiger partial charge in [0.1, 0.15) is 9.39 Å². The molecule has 100 valence electrons. The molecule has 0 aliphatic rings. The van der Waals surface area contributed by atoms with E-state index in [1.807, 2.05) is 40.6 Å². The van der Waals surface area contributed by atoms with Crippen LogP contribution < -0.4 is 10.5 Å². The highest BCUT2D eigenvalue weighted by molar-refractivity contribution is 14.1. The monoisotopic (exact) mass is 369 g/mol. The predicted octanol–water partition coefficient (Wildman–Crippen LogP) is 2.44. The molecule has 0 radical (unpaired) electrons. The van der Waals surface area contributed by atoms with Crippen LogP contribution in [-0.4, -0.2) is 23.6 Å². The first-order valence-electron chi connectivity index (χ1n) is 6.16. The summed E-state index contributed by atoms with van der Waals surface area (Å²) >= 11 is 2.04. The smallest absolute Gasteiger partial charge is 0.266 e. The maximum absolute atomic E-state index is 11.5. The van der Waals surface area contributed by atoms with Crippen LogP contribution in [0.3, 0.4) is 0 Å². The SMILES string of the molecule is CN(CCCc1ccccc1)c1nc[nH]c(=O)c1I. The number of benzene rings is 1. The van der Waals surface area contributed by atoms with Crippen LogP contribution in [0.1, 0.15) is 12.0 Å². The van der Waals surface area contributed by atoms with Gasteiger partial charge in [0.05, 0.1) is 6.33 Å². The van der Waals surface area contributed by atoms with Gasteiger partial charge in [-0.1, -0.05) is 30.3 Å². The van der Waals surface area contributed by atoms with E-state index in [1.165, 1.54) is 11.9 Å². The second kappa shape index (κ2) is 6.70. The van der Waals surface area contributed by atoms with Crippen molar-refractivity contribution in [1.29, 1.82) is 0 Å². The predicted molar refractivity (Wildman–Crippen MR) is 85.6 cm³/mol. The molecule has 1 N–H and O–H groups in total. The van der Waals surface area contributed by atoms with E-state index in [9.17, 15) is 4.79 Å². The quantitative estimate of drug-likeness (QED) is 0.824. The molecule has 2 aromatic rings. The zero-order valence-corrected chi connectivity index (χ0v) is 12.9. The van der Waals surface area contributed by atoms with E-state index in [0.29, 0.717) is 3.57 Å². The van der Waals surface area contributed by atoms with Crippen LogP contribution in [0.15, 0.2) is 41.5 Å². The molecule has 0 amide bonds. The summed E-state index contributed by atoms with van der Waals surface area (Å²) in [4.78, 5) is 20.3. The molecule has 0 atom stereocenters. The second-order valence-electron chi connectivity index (χ2n) is 4.38. The van der Waals surface area contributed by atoms with Gasteiger partial charge in [0, 0.05) is 13.6 Å². The summed E-state index contributed by atoms with van der Waals surface area (Å²) in [6.45, 7) is 0.876. The molecule has 4 nitrogen and oxygen atoms in total. The first-order valence-corrected chi connectivity index (χ1v) is 7.24. The molecule has 0 bridgehead atoms. The van der Waals surface area contributed by atoms with E-state index < -0.39 is 0 Å². The van der Waals surface area contributed by atoms with Crippen molar-refractivity contribution < 1.29 is 0 Å². The largest absolute Gasteiger partial charge is 0.359 e. The molecular formula is C14H16IN3O. The lowest BCUT2D eigenvalue weighted by Gasteiger charge is -2.18. The third-order valence-corrected chi connectivity index (χ3v) is 3.91. The Morgan fingerprint density at radius 3 is 2.79 bits per heavy atom. The van der Waals surface area contributed by atoms with Crippen molar-refractivity contribution in [3.63, 3.8) is 0 Å². The lowest BCUT2D eigenvalue weighted by Crippen LogP contribution is -2.25. The number of hydrogen-bond acceptors (Lipinski definition) is 3. The molecular weight excluding hydrogens is 353 g/mol. The minimum Gasteiger partial charge on any atom is -0.359 e. The Morgan fingerprint density at radius 2 is 2.05 bits per heavy atom. The normalized spacial score (nSPS) is 10.4. The summed E-state index contributed by atoms with van der Waals surface area (Å²) in [5.74, 6) is 0.748. The summed E-state index contributed by atoms with van der Waals surface area (Å²) in [5, 5.41) is 0. The van der Waals surface area contributed by atoms with Gasteiger partial charge in [0.25, 0.3) is 5.56 Å². The number of aryl methyl sites for hydroxylation is 1. The van der Waals surface area contributed by atoms with E-state index >= 15 is 0 Å².